The second-order valence-corrected chi connectivity index (χ2v) is 4.08. The van der Waals surface area contributed by atoms with Crippen molar-refractivity contribution in [3.05, 3.63) is 54.1 Å². The SMILES string of the molecule is C=CCNC(=S)NN=CC(C)=Cc1ccccc1. The Hall–Kier alpha value is -1.94. The number of hydrazone groups is 1. The molecule has 0 unspecified atom stereocenters. The molecule has 94 valence electrons. The summed E-state index contributed by atoms with van der Waals surface area (Å²) in [5.41, 5.74) is 4.92. The van der Waals surface area contributed by atoms with E-state index < -0.39 is 0 Å². The van der Waals surface area contributed by atoms with E-state index in [1.165, 1.54) is 0 Å². The zero-order valence-corrected chi connectivity index (χ0v) is 11.2. The van der Waals surface area contributed by atoms with Crippen LogP contribution >= 0.6 is 12.2 Å². The Morgan fingerprint density at radius 2 is 2.11 bits per heavy atom. The Bertz CT molecular complexity index is 449. The molecule has 4 heteroatoms. The Morgan fingerprint density at radius 1 is 1.39 bits per heavy atom. The third-order valence-corrected chi connectivity index (χ3v) is 2.27. The van der Waals surface area contributed by atoms with Crippen LogP contribution < -0.4 is 10.7 Å². The van der Waals surface area contributed by atoms with Crippen LogP contribution in [0.5, 0.6) is 0 Å². The highest BCUT2D eigenvalue weighted by Gasteiger charge is 1.89. The molecule has 0 aliphatic heterocycles. The lowest BCUT2D eigenvalue weighted by Gasteiger charge is -2.03. The third-order valence-electron chi connectivity index (χ3n) is 2.04. The van der Waals surface area contributed by atoms with Crippen molar-refractivity contribution in [2.45, 2.75) is 6.92 Å². The molecule has 1 aromatic carbocycles. The Balaban J connectivity index is 2.44. The number of hydrogen-bond acceptors (Lipinski definition) is 2. The zero-order chi connectivity index (χ0) is 13.2. The van der Waals surface area contributed by atoms with Crippen LogP contribution in [0.1, 0.15) is 12.5 Å². The quantitative estimate of drug-likeness (QED) is 0.369. The number of thiocarbonyl (C=S) groups is 1. The maximum Gasteiger partial charge on any atom is 0.187 e. The first-order valence-corrected chi connectivity index (χ1v) is 6.04. The van der Waals surface area contributed by atoms with Gasteiger partial charge in [0.1, 0.15) is 0 Å². The van der Waals surface area contributed by atoms with Gasteiger partial charge in [-0.3, -0.25) is 5.43 Å². The van der Waals surface area contributed by atoms with E-state index in [0.29, 0.717) is 11.7 Å². The number of rotatable bonds is 5. The van der Waals surface area contributed by atoms with Gasteiger partial charge in [-0.05, 0) is 30.3 Å². The van der Waals surface area contributed by atoms with Gasteiger partial charge in [-0.1, -0.05) is 42.5 Å². The molecule has 0 spiro atoms. The summed E-state index contributed by atoms with van der Waals surface area (Å²) in [6, 6.07) is 10.1. The fourth-order valence-corrected chi connectivity index (χ4v) is 1.38. The minimum atomic E-state index is 0.485. The van der Waals surface area contributed by atoms with Gasteiger partial charge in [-0.15, -0.1) is 6.58 Å². The van der Waals surface area contributed by atoms with E-state index in [1.54, 1.807) is 12.3 Å². The van der Waals surface area contributed by atoms with Crippen molar-refractivity contribution in [2.75, 3.05) is 6.54 Å². The van der Waals surface area contributed by atoms with E-state index in [0.717, 1.165) is 11.1 Å². The van der Waals surface area contributed by atoms with Crippen molar-refractivity contribution in [1.82, 2.24) is 10.7 Å². The van der Waals surface area contributed by atoms with E-state index >= 15 is 0 Å². The van der Waals surface area contributed by atoms with E-state index in [9.17, 15) is 0 Å². The molecule has 0 fully saturated rings. The Kier molecular flexibility index (Phi) is 6.43. The Labute approximate surface area is 113 Å². The second kappa shape index (κ2) is 8.20. The van der Waals surface area contributed by atoms with E-state index in [-0.39, 0.29) is 0 Å². The van der Waals surface area contributed by atoms with Crippen LogP contribution in [-0.2, 0) is 0 Å². The number of hydrogen-bond donors (Lipinski definition) is 2. The largest absolute Gasteiger partial charge is 0.358 e. The molecule has 0 aliphatic rings. The molecule has 18 heavy (non-hydrogen) atoms. The van der Waals surface area contributed by atoms with Crippen LogP contribution in [-0.4, -0.2) is 17.9 Å². The van der Waals surface area contributed by atoms with Crippen LogP contribution in [0.4, 0.5) is 0 Å². The van der Waals surface area contributed by atoms with Gasteiger partial charge in [-0.2, -0.15) is 5.10 Å². The maximum absolute atomic E-state index is 5.00. The molecule has 0 saturated heterocycles. The van der Waals surface area contributed by atoms with Crippen LogP contribution in [0.15, 0.2) is 53.7 Å². The second-order valence-electron chi connectivity index (χ2n) is 3.67. The molecule has 1 rings (SSSR count). The van der Waals surface area contributed by atoms with Crippen LogP contribution in [0.3, 0.4) is 0 Å². The smallest absolute Gasteiger partial charge is 0.187 e. The number of nitrogens with one attached hydrogen (secondary N) is 2. The molecular weight excluding hydrogens is 242 g/mol. The standard InChI is InChI=1S/C14H17N3S/c1-3-9-15-14(18)17-16-11-12(2)10-13-7-5-4-6-8-13/h3-8,10-11H,1,9H2,2H3,(H2,15,17,18). The minimum Gasteiger partial charge on any atom is -0.358 e. The first kappa shape index (κ1) is 14.1. The van der Waals surface area contributed by atoms with Gasteiger partial charge in [0.05, 0.1) is 6.21 Å². The predicted octanol–water partition coefficient (Wildman–Crippen LogP) is 2.73. The topological polar surface area (TPSA) is 36.4 Å². The van der Waals surface area contributed by atoms with Gasteiger partial charge in [0.25, 0.3) is 0 Å². The van der Waals surface area contributed by atoms with E-state index in [2.05, 4.69) is 22.4 Å². The number of benzene rings is 1. The molecule has 1 aromatic rings. The molecule has 0 heterocycles. The highest BCUT2D eigenvalue weighted by Crippen LogP contribution is 2.04. The summed E-state index contributed by atoms with van der Waals surface area (Å²) in [6.45, 7) is 6.20. The van der Waals surface area contributed by atoms with Gasteiger partial charge in [-0.25, -0.2) is 0 Å². The lowest BCUT2D eigenvalue weighted by atomic mass is 10.1. The first-order valence-electron chi connectivity index (χ1n) is 5.63. The summed E-state index contributed by atoms with van der Waals surface area (Å²) >= 11 is 5.00. The van der Waals surface area contributed by atoms with E-state index in [1.807, 2.05) is 43.3 Å². The first-order chi connectivity index (χ1) is 8.72. The summed E-state index contributed by atoms with van der Waals surface area (Å²) in [4.78, 5) is 0. The zero-order valence-electron chi connectivity index (χ0n) is 10.4. The lowest BCUT2D eigenvalue weighted by molar-refractivity contribution is 0.941. The maximum atomic E-state index is 5.00. The van der Waals surface area contributed by atoms with Crippen LogP contribution in [0.25, 0.3) is 6.08 Å². The molecule has 2 N–H and O–H groups in total. The van der Waals surface area contributed by atoms with E-state index in [4.69, 9.17) is 12.2 Å². The molecule has 0 atom stereocenters. The molecule has 0 amide bonds. The lowest BCUT2D eigenvalue weighted by Crippen LogP contribution is -2.31. The molecule has 0 saturated carbocycles. The molecule has 0 aromatic heterocycles. The summed E-state index contributed by atoms with van der Waals surface area (Å²) < 4.78 is 0. The number of allylic oxidation sites excluding steroid dienone is 1. The summed E-state index contributed by atoms with van der Waals surface area (Å²) in [5.74, 6) is 0. The molecule has 0 radical (unpaired) electrons. The van der Waals surface area contributed by atoms with Crippen molar-refractivity contribution >= 4 is 29.6 Å². The fourth-order valence-electron chi connectivity index (χ4n) is 1.25. The van der Waals surface area contributed by atoms with Crippen molar-refractivity contribution in [3.8, 4) is 0 Å². The van der Waals surface area contributed by atoms with Crippen LogP contribution in [0.2, 0.25) is 0 Å². The molecule has 0 aliphatic carbocycles. The molecule has 3 nitrogen and oxygen atoms in total. The van der Waals surface area contributed by atoms with Gasteiger partial charge < -0.3 is 5.32 Å². The molecule has 0 bridgehead atoms. The average Bonchev–Trinajstić information content (AvgIpc) is 2.37. The van der Waals surface area contributed by atoms with Crippen LogP contribution in [0, 0.1) is 0 Å². The van der Waals surface area contributed by atoms with Crippen molar-refractivity contribution in [1.29, 1.82) is 0 Å². The monoisotopic (exact) mass is 259 g/mol. The number of nitrogens with zero attached hydrogens (tertiary/aromatic N) is 1. The predicted molar refractivity (Wildman–Crippen MR) is 82.5 cm³/mol. The average molecular weight is 259 g/mol. The summed E-state index contributed by atoms with van der Waals surface area (Å²) in [5, 5.41) is 7.45. The highest BCUT2D eigenvalue weighted by atomic mass is 32.1. The summed E-state index contributed by atoms with van der Waals surface area (Å²) in [7, 11) is 0. The van der Waals surface area contributed by atoms with Gasteiger partial charge >= 0.3 is 0 Å². The minimum absolute atomic E-state index is 0.485. The van der Waals surface area contributed by atoms with Gasteiger partial charge in [0, 0.05) is 6.54 Å². The van der Waals surface area contributed by atoms with Gasteiger partial charge in [0.15, 0.2) is 5.11 Å². The Morgan fingerprint density at radius 3 is 2.78 bits per heavy atom. The normalized spacial score (nSPS) is 11.3. The van der Waals surface area contributed by atoms with Crippen molar-refractivity contribution in [3.63, 3.8) is 0 Å². The highest BCUT2D eigenvalue weighted by molar-refractivity contribution is 7.80. The van der Waals surface area contributed by atoms with Gasteiger partial charge in [0.2, 0.25) is 0 Å². The van der Waals surface area contributed by atoms with Crippen molar-refractivity contribution < 1.29 is 0 Å². The fraction of sp³-hybridized carbons (Fsp3) is 0.143. The summed E-state index contributed by atoms with van der Waals surface area (Å²) in [6.07, 6.45) is 5.51. The third kappa shape index (κ3) is 5.96. The van der Waals surface area contributed by atoms with Crippen molar-refractivity contribution in [2.24, 2.45) is 5.10 Å². The molecular formula is C14H17N3S.